The summed E-state index contributed by atoms with van der Waals surface area (Å²) in [5, 5.41) is 9.14. The number of rotatable bonds is 7. The van der Waals surface area contributed by atoms with E-state index in [9.17, 15) is 9.36 Å². The van der Waals surface area contributed by atoms with Gasteiger partial charge < -0.3 is 9.79 Å². The van der Waals surface area contributed by atoms with Crippen molar-refractivity contribution in [1.29, 1.82) is 0 Å². The van der Waals surface area contributed by atoms with Crippen molar-refractivity contribution in [2.45, 2.75) is 19.3 Å². The van der Waals surface area contributed by atoms with Crippen molar-refractivity contribution < 1.29 is 24.4 Å². The molecule has 0 aromatic heterocycles. The lowest BCUT2D eigenvalue weighted by Crippen LogP contribution is -2.17. The van der Waals surface area contributed by atoms with Gasteiger partial charge in [-0.05, 0) is 12.8 Å². The lowest BCUT2D eigenvalue weighted by atomic mass is 10.2. The number of carbonyl (C=O) groups is 1. The fraction of sp³-hybridized carbons (Fsp3) is 0.833. The third kappa shape index (κ3) is 9.49. The average Bonchev–Trinajstić information content (AvgIpc) is 2.01. The zero-order valence-corrected chi connectivity index (χ0v) is 8.06. The van der Waals surface area contributed by atoms with Gasteiger partial charge in [-0.1, -0.05) is 6.42 Å². The zero-order valence-electron chi connectivity index (χ0n) is 7.17. The van der Waals surface area contributed by atoms with Gasteiger partial charge in [0.05, 0.1) is 0 Å². The molecule has 78 valence electrons. The minimum Gasteiger partial charge on any atom is -0.324 e. The van der Waals surface area contributed by atoms with E-state index in [0.29, 0.717) is 30.7 Å². The monoisotopic (exact) mass is 211 g/mol. The largest absolute Gasteiger partial charge is 0.325 e. The van der Waals surface area contributed by atoms with Crippen LogP contribution in [0, 0.1) is 0 Å². The van der Waals surface area contributed by atoms with E-state index in [0.717, 1.165) is 0 Å². The van der Waals surface area contributed by atoms with Crippen LogP contribution in [0.4, 0.5) is 0 Å². The predicted molar refractivity (Wildman–Crippen MR) is 45.3 cm³/mol. The standard InChI is InChI=1S/C6H14NO5P/c8-6-7(9)4-2-1-3-5-13(10,11)12/h6,9H,1-5H2,(H2,10,11,12). The molecule has 0 aromatic carbocycles. The average molecular weight is 211 g/mol. The predicted octanol–water partition coefficient (Wildman–Crippen LogP) is 0.182. The maximum Gasteiger partial charge on any atom is 0.325 e. The quantitative estimate of drug-likeness (QED) is 0.183. The molecule has 7 heteroatoms. The van der Waals surface area contributed by atoms with E-state index < -0.39 is 7.60 Å². The molecule has 0 spiro atoms. The molecule has 6 nitrogen and oxygen atoms in total. The van der Waals surface area contributed by atoms with Crippen LogP contribution in [-0.2, 0) is 9.36 Å². The topological polar surface area (TPSA) is 98.1 Å². The van der Waals surface area contributed by atoms with Gasteiger partial charge in [0, 0.05) is 12.7 Å². The van der Waals surface area contributed by atoms with Crippen molar-refractivity contribution in [1.82, 2.24) is 5.06 Å². The Bertz CT molecular complexity index is 191. The van der Waals surface area contributed by atoms with Gasteiger partial charge in [-0.25, -0.2) is 5.06 Å². The van der Waals surface area contributed by atoms with Crippen LogP contribution in [0.15, 0.2) is 0 Å². The van der Waals surface area contributed by atoms with E-state index in [-0.39, 0.29) is 12.7 Å². The van der Waals surface area contributed by atoms with E-state index >= 15 is 0 Å². The first-order chi connectivity index (χ1) is 5.95. The maximum absolute atomic E-state index is 10.4. The maximum atomic E-state index is 10.4. The molecule has 1 amide bonds. The smallest absolute Gasteiger partial charge is 0.324 e. The highest BCUT2D eigenvalue weighted by molar-refractivity contribution is 7.51. The Kier molecular flexibility index (Phi) is 5.90. The summed E-state index contributed by atoms with van der Waals surface area (Å²) in [5.74, 6) is 0. The second-order valence-electron chi connectivity index (χ2n) is 2.72. The Morgan fingerprint density at radius 1 is 1.23 bits per heavy atom. The molecule has 0 fully saturated rings. The molecule has 0 heterocycles. The van der Waals surface area contributed by atoms with Crippen LogP contribution in [0.2, 0.25) is 0 Å². The minimum absolute atomic E-state index is 0.139. The second-order valence-corrected chi connectivity index (χ2v) is 4.49. The fourth-order valence-corrected chi connectivity index (χ4v) is 1.46. The summed E-state index contributed by atoms with van der Waals surface area (Å²) in [5.41, 5.74) is 0. The minimum atomic E-state index is -3.88. The zero-order chi connectivity index (χ0) is 10.3. The highest BCUT2D eigenvalue weighted by Gasteiger charge is 2.11. The third-order valence-electron chi connectivity index (χ3n) is 1.46. The van der Waals surface area contributed by atoms with Crippen LogP contribution in [0.3, 0.4) is 0 Å². The van der Waals surface area contributed by atoms with E-state index in [1.807, 2.05) is 0 Å². The summed E-state index contributed by atoms with van der Waals surface area (Å²) < 4.78 is 10.4. The third-order valence-corrected chi connectivity index (χ3v) is 2.36. The van der Waals surface area contributed by atoms with Crippen LogP contribution in [-0.4, -0.2) is 39.2 Å². The molecule has 0 atom stereocenters. The lowest BCUT2D eigenvalue weighted by Gasteiger charge is -2.07. The van der Waals surface area contributed by atoms with Gasteiger partial charge in [0.25, 0.3) is 0 Å². The molecule has 13 heavy (non-hydrogen) atoms. The van der Waals surface area contributed by atoms with Gasteiger partial charge in [0.1, 0.15) is 0 Å². The number of hydroxylamine groups is 2. The summed E-state index contributed by atoms with van der Waals surface area (Å²) in [6.45, 7) is 0.199. The highest BCUT2D eigenvalue weighted by Crippen LogP contribution is 2.35. The summed E-state index contributed by atoms with van der Waals surface area (Å²) in [7, 11) is -3.88. The number of nitrogens with zero attached hydrogens (tertiary/aromatic N) is 1. The highest BCUT2D eigenvalue weighted by atomic mass is 31.2. The van der Waals surface area contributed by atoms with E-state index in [2.05, 4.69) is 0 Å². The molecule has 0 saturated heterocycles. The van der Waals surface area contributed by atoms with E-state index in [1.54, 1.807) is 0 Å². The summed E-state index contributed by atoms with van der Waals surface area (Å²) >= 11 is 0. The Morgan fingerprint density at radius 2 is 1.85 bits per heavy atom. The first-order valence-corrected chi connectivity index (χ1v) is 5.71. The van der Waals surface area contributed by atoms with Gasteiger partial charge in [-0.15, -0.1) is 0 Å². The lowest BCUT2D eigenvalue weighted by molar-refractivity contribution is -0.149. The Labute approximate surface area is 76.3 Å². The molecular weight excluding hydrogens is 197 g/mol. The van der Waals surface area contributed by atoms with Crippen LogP contribution in [0.25, 0.3) is 0 Å². The van der Waals surface area contributed by atoms with Gasteiger partial charge in [-0.3, -0.25) is 14.6 Å². The normalized spacial score (nSPS) is 11.3. The molecule has 0 radical (unpaired) electrons. The van der Waals surface area contributed by atoms with Gasteiger partial charge in [-0.2, -0.15) is 0 Å². The van der Waals surface area contributed by atoms with Crippen molar-refractivity contribution in [3.63, 3.8) is 0 Å². The Balaban J connectivity index is 3.27. The number of hydrogen-bond donors (Lipinski definition) is 3. The Hall–Kier alpha value is -0.420. The molecule has 0 aliphatic carbocycles. The molecule has 0 aliphatic heterocycles. The van der Waals surface area contributed by atoms with E-state index in [1.165, 1.54) is 0 Å². The SMILES string of the molecule is O=CN(O)CCCCCP(=O)(O)O. The van der Waals surface area contributed by atoms with Gasteiger partial charge in [0.2, 0.25) is 6.41 Å². The van der Waals surface area contributed by atoms with Gasteiger partial charge in [0.15, 0.2) is 0 Å². The molecule has 0 bridgehead atoms. The van der Waals surface area contributed by atoms with Crippen LogP contribution in [0.1, 0.15) is 19.3 Å². The number of unbranched alkanes of at least 4 members (excludes halogenated alkanes) is 2. The van der Waals surface area contributed by atoms with E-state index in [4.69, 9.17) is 15.0 Å². The fourth-order valence-electron chi connectivity index (χ4n) is 0.821. The molecule has 0 aromatic rings. The van der Waals surface area contributed by atoms with Crippen LogP contribution < -0.4 is 0 Å². The van der Waals surface area contributed by atoms with Crippen molar-refractivity contribution in [3.8, 4) is 0 Å². The summed E-state index contributed by atoms with van der Waals surface area (Å²) in [4.78, 5) is 26.8. The molecule has 0 saturated carbocycles. The van der Waals surface area contributed by atoms with Crippen molar-refractivity contribution >= 4 is 14.0 Å². The first-order valence-electron chi connectivity index (χ1n) is 3.91. The molecule has 0 rings (SSSR count). The summed E-state index contributed by atoms with van der Waals surface area (Å²) in [6, 6.07) is 0. The molecule has 0 unspecified atom stereocenters. The molecular formula is C6H14NO5P. The number of amides is 1. The van der Waals surface area contributed by atoms with Crippen molar-refractivity contribution in [3.05, 3.63) is 0 Å². The number of carbonyl (C=O) groups excluding carboxylic acids is 1. The molecule has 3 N–H and O–H groups in total. The van der Waals surface area contributed by atoms with Crippen molar-refractivity contribution in [2.24, 2.45) is 0 Å². The van der Waals surface area contributed by atoms with Crippen molar-refractivity contribution in [2.75, 3.05) is 12.7 Å². The van der Waals surface area contributed by atoms with Crippen LogP contribution >= 0.6 is 7.60 Å². The first kappa shape index (κ1) is 12.6. The van der Waals surface area contributed by atoms with Gasteiger partial charge >= 0.3 is 7.60 Å². The summed E-state index contributed by atoms with van der Waals surface area (Å²) in [6.07, 6.45) is 1.67. The van der Waals surface area contributed by atoms with Crippen LogP contribution in [0.5, 0.6) is 0 Å². The second kappa shape index (κ2) is 6.10. The Morgan fingerprint density at radius 3 is 2.31 bits per heavy atom. The molecule has 0 aliphatic rings. The number of hydrogen-bond acceptors (Lipinski definition) is 3.